The van der Waals surface area contributed by atoms with E-state index in [4.69, 9.17) is 0 Å². The summed E-state index contributed by atoms with van der Waals surface area (Å²) < 4.78 is 31.2. The van der Waals surface area contributed by atoms with E-state index < -0.39 is 17.7 Å². The molecule has 5 nitrogen and oxygen atoms in total. The maximum Gasteiger partial charge on any atom is 0.209 e. The maximum atomic E-state index is 14.7. The molecule has 1 N–H and O–H groups in total. The fraction of sp³-hybridized carbons (Fsp3) is 0.263. The molecule has 7 heteroatoms. The van der Waals surface area contributed by atoms with Crippen LogP contribution in [0.5, 0.6) is 0 Å². The quantitative estimate of drug-likeness (QED) is 0.734. The van der Waals surface area contributed by atoms with Crippen molar-refractivity contribution in [1.29, 1.82) is 0 Å². The van der Waals surface area contributed by atoms with Crippen molar-refractivity contribution in [3.05, 3.63) is 53.7 Å². The molecule has 2 aromatic carbocycles. The molecule has 0 spiro atoms. The Morgan fingerprint density at radius 2 is 1.96 bits per heavy atom. The number of carbonyl (C=O) groups excluding carboxylic acids is 1. The summed E-state index contributed by atoms with van der Waals surface area (Å²) in [4.78, 5) is 12.5. The lowest BCUT2D eigenvalue weighted by molar-refractivity contribution is -0.119. The van der Waals surface area contributed by atoms with E-state index in [2.05, 4.69) is 10.4 Å². The van der Waals surface area contributed by atoms with Gasteiger partial charge in [0.25, 0.3) is 0 Å². The second-order valence-corrected chi connectivity index (χ2v) is 6.50. The van der Waals surface area contributed by atoms with Crippen LogP contribution < -0.4 is 5.32 Å². The van der Waals surface area contributed by atoms with Crippen molar-refractivity contribution in [3.63, 3.8) is 0 Å². The zero-order valence-electron chi connectivity index (χ0n) is 14.2. The van der Waals surface area contributed by atoms with E-state index >= 15 is 0 Å². The number of hydrogen-bond donors (Lipinski definition) is 1. The number of amides is 1. The van der Waals surface area contributed by atoms with Crippen molar-refractivity contribution in [1.82, 2.24) is 20.0 Å². The van der Waals surface area contributed by atoms with Gasteiger partial charge in [0.1, 0.15) is 11.6 Å². The van der Waals surface area contributed by atoms with Crippen molar-refractivity contribution < 1.29 is 13.6 Å². The van der Waals surface area contributed by atoms with Crippen LogP contribution in [0.15, 0.2) is 36.5 Å². The minimum absolute atomic E-state index is 0.0260. The van der Waals surface area contributed by atoms with Gasteiger partial charge in [-0.25, -0.2) is 8.78 Å². The molecule has 3 aromatic rings. The first-order chi connectivity index (χ1) is 12.6. The molecule has 2 heterocycles. The van der Waals surface area contributed by atoms with Gasteiger partial charge in [0.15, 0.2) is 0 Å². The number of nitrogens with zero attached hydrogens (tertiary/aromatic N) is 3. The van der Waals surface area contributed by atoms with Crippen molar-refractivity contribution in [2.75, 3.05) is 19.6 Å². The first-order valence-electron chi connectivity index (χ1n) is 8.40. The number of aromatic nitrogens is 2. The number of fused-ring (bicyclic) bond motifs is 1. The van der Waals surface area contributed by atoms with E-state index in [1.165, 1.54) is 17.0 Å². The summed E-state index contributed by atoms with van der Waals surface area (Å²) in [5.41, 5.74) is 2.05. The van der Waals surface area contributed by atoms with Crippen LogP contribution in [0.4, 0.5) is 8.78 Å². The number of rotatable bonds is 3. The smallest absolute Gasteiger partial charge is 0.209 e. The van der Waals surface area contributed by atoms with E-state index in [0.29, 0.717) is 25.1 Å². The minimum atomic E-state index is -0.615. The van der Waals surface area contributed by atoms with Gasteiger partial charge >= 0.3 is 0 Å². The lowest BCUT2D eigenvalue weighted by Gasteiger charge is -2.31. The Morgan fingerprint density at radius 1 is 1.19 bits per heavy atom. The van der Waals surface area contributed by atoms with Crippen LogP contribution >= 0.6 is 0 Å². The summed E-state index contributed by atoms with van der Waals surface area (Å²) in [6.07, 6.45) is 2.46. The summed E-state index contributed by atoms with van der Waals surface area (Å²) in [5.74, 6) is -1.23. The Morgan fingerprint density at radius 3 is 2.69 bits per heavy atom. The van der Waals surface area contributed by atoms with Crippen LogP contribution in [-0.4, -0.2) is 40.7 Å². The van der Waals surface area contributed by atoms with Gasteiger partial charge in [0.05, 0.1) is 17.8 Å². The Hall–Kier alpha value is -2.80. The van der Waals surface area contributed by atoms with Crippen LogP contribution in [0.25, 0.3) is 22.0 Å². The number of aryl methyl sites for hydroxylation is 1. The molecule has 1 aliphatic heterocycles. The largest absolute Gasteiger partial charge is 0.342 e. The van der Waals surface area contributed by atoms with Crippen molar-refractivity contribution in [2.45, 2.75) is 6.04 Å². The highest BCUT2D eigenvalue weighted by Gasteiger charge is 2.26. The molecule has 1 fully saturated rings. The average Bonchev–Trinajstić information content (AvgIpc) is 3.02. The molecule has 0 radical (unpaired) electrons. The van der Waals surface area contributed by atoms with Crippen LogP contribution in [0, 0.1) is 11.6 Å². The topological polar surface area (TPSA) is 50.2 Å². The van der Waals surface area contributed by atoms with Gasteiger partial charge < -0.3 is 10.2 Å². The molecular formula is C19H18F2N4O. The molecule has 1 saturated heterocycles. The molecule has 0 aliphatic carbocycles. The van der Waals surface area contributed by atoms with Gasteiger partial charge in [-0.15, -0.1) is 0 Å². The summed E-state index contributed by atoms with van der Waals surface area (Å²) in [6.45, 7) is 1.28. The van der Waals surface area contributed by atoms with Crippen molar-refractivity contribution in [2.24, 2.45) is 7.05 Å². The number of halogens is 2. The molecule has 1 atom stereocenters. The first kappa shape index (κ1) is 16.7. The van der Waals surface area contributed by atoms with Crippen molar-refractivity contribution >= 4 is 17.3 Å². The van der Waals surface area contributed by atoms with Gasteiger partial charge in [-0.3, -0.25) is 9.48 Å². The zero-order chi connectivity index (χ0) is 18.3. The molecule has 1 amide bonds. The Balaban J connectivity index is 1.72. The Bertz CT molecular complexity index is 962. The second kappa shape index (κ2) is 6.49. The van der Waals surface area contributed by atoms with E-state index in [9.17, 15) is 13.6 Å². The highest BCUT2D eigenvalue weighted by Crippen LogP contribution is 2.30. The van der Waals surface area contributed by atoms with E-state index in [1.807, 2.05) is 25.2 Å². The van der Waals surface area contributed by atoms with E-state index in [0.717, 1.165) is 16.5 Å². The fourth-order valence-electron chi connectivity index (χ4n) is 3.47. The highest BCUT2D eigenvalue weighted by molar-refractivity contribution is 5.84. The lowest BCUT2D eigenvalue weighted by Crippen LogP contribution is -2.45. The van der Waals surface area contributed by atoms with Crippen LogP contribution in [0.1, 0.15) is 11.6 Å². The Labute approximate surface area is 149 Å². The van der Waals surface area contributed by atoms with Gasteiger partial charge in [-0.2, -0.15) is 5.10 Å². The Kier molecular flexibility index (Phi) is 4.16. The summed E-state index contributed by atoms with van der Waals surface area (Å²) in [7, 11) is 1.82. The summed E-state index contributed by atoms with van der Waals surface area (Å²) in [5, 5.41) is 8.23. The summed E-state index contributed by atoms with van der Waals surface area (Å²) in [6, 6.07) is 7.71. The number of hydrogen-bond acceptors (Lipinski definition) is 3. The monoisotopic (exact) mass is 356 g/mol. The molecular weight excluding hydrogens is 338 g/mol. The molecule has 26 heavy (non-hydrogen) atoms. The van der Waals surface area contributed by atoms with E-state index in [-0.39, 0.29) is 12.1 Å². The first-order valence-corrected chi connectivity index (χ1v) is 8.40. The third-order valence-electron chi connectivity index (χ3n) is 4.87. The predicted molar refractivity (Wildman–Crippen MR) is 94.4 cm³/mol. The highest BCUT2D eigenvalue weighted by atomic mass is 19.1. The molecule has 134 valence electrons. The number of carbonyl (C=O) groups is 1. The lowest BCUT2D eigenvalue weighted by atomic mass is 9.97. The van der Waals surface area contributed by atoms with Gasteiger partial charge in [0.2, 0.25) is 6.41 Å². The maximum absolute atomic E-state index is 14.7. The number of nitrogens with one attached hydrogen (secondary N) is 1. The predicted octanol–water partition coefficient (Wildman–Crippen LogP) is 2.62. The van der Waals surface area contributed by atoms with Crippen molar-refractivity contribution in [3.8, 4) is 11.1 Å². The third-order valence-corrected chi connectivity index (χ3v) is 4.87. The SMILES string of the molecule is Cn1ncc2ccc(-c3cc(F)c(C4CN(C=O)CCN4)c(F)c3)cc21. The zero-order valence-corrected chi connectivity index (χ0v) is 14.2. The van der Waals surface area contributed by atoms with Crippen LogP contribution in [0.2, 0.25) is 0 Å². The third kappa shape index (κ3) is 2.84. The van der Waals surface area contributed by atoms with Crippen LogP contribution in [-0.2, 0) is 11.8 Å². The fourth-order valence-corrected chi connectivity index (χ4v) is 3.47. The second-order valence-electron chi connectivity index (χ2n) is 6.50. The number of benzene rings is 2. The molecule has 0 saturated carbocycles. The standard InChI is InChI=1S/C19H18F2N4O/c1-24-18-8-12(2-3-13(18)9-23-24)14-6-15(20)19(16(21)7-14)17-10-25(11-26)5-4-22-17/h2-3,6-9,11,17,22H,4-5,10H2,1H3. The normalized spacial score (nSPS) is 17.7. The number of piperazine rings is 1. The minimum Gasteiger partial charge on any atom is -0.342 e. The van der Waals surface area contributed by atoms with Gasteiger partial charge in [-0.05, 0) is 29.3 Å². The summed E-state index contributed by atoms with van der Waals surface area (Å²) >= 11 is 0. The van der Waals surface area contributed by atoms with Crippen LogP contribution in [0.3, 0.4) is 0 Å². The molecule has 0 bridgehead atoms. The van der Waals surface area contributed by atoms with Gasteiger partial charge in [0, 0.05) is 37.6 Å². The van der Waals surface area contributed by atoms with Gasteiger partial charge in [-0.1, -0.05) is 12.1 Å². The average molecular weight is 356 g/mol. The molecule has 1 unspecified atom stereocenters. The molecule has 4 rings (SSSR count). The molecule has 1 aliphatic rings. The molecule has 1 aromatic heterocycles. The van der Waals surface area contributed by atoms with E-state index in [1.54, 1.807) is 10.9 Å².